The SMILES string of the molecule is Nc1ccc(N=Nc2cccc(N=Nc3cc(N=Nc4ccc(-c5ccc(N=Nc6c(S(=O)(=O)O)cc7cc(S(=O)(=O)O)cc(N)c7c6O)cc5)cc4)c(N)cc3N)c2)c(N)c1. The molecule has 0 amide bonds. The number of phenolic OH excluding ortho intramolecular Hbond substituents is 1. The first-order valence-corrected chi connectivity index (χ1v) is 20.7. The molecule has 0 aliphatic carbocycles. The molecule has 0 aliphatic rings. The second-order valence-electron chi connectivity index (χ2n) is 13.3. The molecule has 0 saturated heterocycles. The summed E-state index contributed by atoms with van der Waals surface area (Å²) in [6, 6.07) is 31.2. The quantitative estimate of drug-likeness (QED) is 0.0342. The number of nitrogens with zero attached hydrogens (tertiary/aromatic N) is 8. The molecule has 0 fully saturated rings. The molecule has 62 heavy (non-hydrogen) atoms. The number of nitrogen functional groups attached to an aromatic ring is 5. The number of phenols is 1. The Morgan fingerprint density at radius 2 is 0.952 bits per heavy atom. The fourth-order valence-electron chi connectivity index (χ4n) is 5.88. The highest BCUT2D eigenvalue weighted by Crippen LogP contribution is 2.44. The van der Waals surface area contributed by atoms with Gasteiger partial charge in [0.15, 0.2) is 5.75 Å². The number of rotatable bonds is 11. The van der Waals surface area contributed by atoms with E-state index in [9.17, 15) is 31.0 Å². The Hall–Kier alpha value is -8.18. The van der Waals surface area contributed by atoms with E-state index in [0.29, 0.717) is 45.5 Å². The molecule has 0 saturated carbocycles. The van der Waals surface area contributed by atoms with Crippen LogP contribution in [0.4, 0.5) is 73.9 Å². The van der Waals surface area contributed by atoms with E-state index in [-0.39, 0.29) is 33.5 Å². The zero-order valence-electron chi connectivity index (χ0n) is 31.8. The number of hydrogen-bond donors (Lipinski definition) is 8. The minimum atomic E-state index is -5.02. The van der Waals surface area contributed by atoms with Crippen LogP contribution >= 0.6 is 0 Å². The molecule has 13 N–H and O–H groups in total. The third-order valence-corrected chi connectivity index (χ3v) is 10.6. The van der Waals surface area contributed by atoms with Crippen LogP contribution < -0.4 is 28.7 Å². The summed E-state index contributed by atoms with van der Waals surface area (Å²) in [5.41, 5.74) is 34.9. The van der Waals surface area contributed by atoms with Crippen LogP contribution in [0.3, 0.4) is 0 Å². The van der Waals surface area contributed by atoms with Gasteiger partial charge in [0.25, 0.3) is 20.2 Å². The maximum absolute atomic E-state index is 12.2. The van der Waals surface area contributed by atoms with E-state index >= 15 is 0 Å². The monoisotopic (exact) mass is 871 g/mol. The zero-order chi connectivity index (χ0) is 44.3. The predicted molar refractivity (Wildman–Crippen MR) is 235 cm³/mol. The van der Waals surface area contributed by atoms with Gasteiger partial charge in [0.1, 0.15) is 27.6 Å². The highest BCUT2D eigenvalue weighted by atomic mass is 32.2. The van der Waals surface area contributed by atoms with Crippen molar-refractivity contribution in [2.45, 2.75) is 9.79 Å². The van der Waals surface area contributed by atoms with Gasteiger partial charge in [-0.05, 0) is 108 Å². The van der Waals surface area contributed by atoms with E-state index in [2.05, 4.69) is 40.9 Å². The molecule has 20 nitrogen and oxygen atoms in total. The molecule has 312 valence electrons. The van der Waals surface area contributed by atoms with E-state index in [1.165, 1.54) is 6.07 Å². The number of anilines is 5. The third-order valence-electron chi connectivity index (χ3n) is 8.94. The molecule has 0 unspecified atom stereocenters. The Labute approximate surface area is 352 Å². The van der Waals surface area contributed by atoms with Gasteiger partial charge in [0.2, 0.25) is 0 Å². The van der Waals surface area contributed by atoms with Crippen LogP contribution in [0.15, 0.2) is 172 Å². The minimum Gasteiger partial charge on any atom is -0.505 e. The summed E-state index contributed by atoms with van der Waals surface area (Å²) in [5.74, 6) is -0.794. The highest BCUT2D eigenvalue weighted by Gasteiger charge is 2.25. The van der Waals surface area contributed by atoms with Gasteiger partial charge in [-0.15, -0.1) is 20.5 Å². The molecule has 22 heteroatoms. The van der Waals surface area contributed by atoms with E-state index in [4.69, 9.17) is 28.7 Å². The van der Waals surface area contributed by atoms with Gasteiger partial charge in [-0.25, -0.2) is 0 Å². The minimum absolute atomic E-state index is 0.178. The molecular weight excluding hydrogens is 839 g/mol. The molecule has 7 aromatic rings. The van der Waals surface area contributed by atoms with Crippen molar-refractivity contribution >= 4 is 105 Å². The molecule has 0 heterocycles. The lowest BCUT2D eigenvalue weighted by molar-refractivity contribution is 0.472. The average Bonchev–Trinajstić information content (AvgIpc) is 3.22. The number of hydrogen-bond acceptors (Lipinski definition) is 18. The molecule has 0 spiro atoms. The van der Waals surface area contributed by atoms with Gasteiger partial charge >= 0.3 is 0 Å². The summed E-state index contributed by atoms with van der Waals surface area (Å²) in [6.45, 7) is 0. The molecular formula is C40H33N13O7S2. The second-order valence-corrected chi connectivity index (χ2v) is 16.1. The lowest BCUT2D eigenvalue weighted by Crippen LogP contribution is -2.02. The summed E-state index contributed by atoms with van der Waals surface area (Å²) < 4.78 is 67.1. The Morgan fingerprint density at radius 1 is 0.435 bits per heavy atom. The predicted octanol–water partition coefficient (Wildman–Crippen LogP) is 10.3. The van der Waals surface area contributed by atoms with Crippen molar-refractivity contribution in [1.82, 2.24) is 0 Å². The Balaban J connectivity index is 1.05. The van der Waals surface area contributed by atoms with Crippen molar-refractivity contribution in [2.75, 3.05) is 28.7 Å². The lowest BCUT2D eigenvalue weighted by atomic mass is 10.1. The van der Waals surface area contributed by atoms with Crippen LogP contribution in [-0.4, -0.2) is 31.0 Å². The molecule has 7 aromatic carbocycles. The Morgan fingerprint density at radius 3 is 1.48 bits per heavy atom. The topological polar surface area (TPSA) is 358 Å². The lowest BCUT2D eigenvalue weighted by Gasteiger charge is -2.12. The van der Waals surface area contributed by atoms with Gasteiger partial charge in [-0.1, -0.05) is 30.3 Å². The standard InChI is InChI=1S/C40H33N13O7S2/c41-24-8-13-34(30(42)16-24)50-48-27-2-1-3-28(17-27)49-52-36-20-35(31(43)19-32(36)44)51-46-25-9-4-21(5-10-25)22-6-11-26(12-7-22)47-53-39-37(62(58,59)60)15-23-14-29(61(55,56)57)18-33(45)38(23)40(39)54/h1-20,54H,41-45H2,(H,55,56,57)(H,58,59,60). The summed E-state index contributed by atoms with van der Waals surface area (Å²) >= 11 is 0. The van der Waals surface area contributed by atoms with E-state index in [0.717, 1.165) is 29.3 Å². The van der Waals surface area contributed by atoms with Crippen molar-refractivity contribution in [1.29, 1.82) is 0 Å². The smallest absolute Gasteiger partial charge is 0.296 e. The van der Waals surface area contributed by atoms with Crippen LogP contribution in [0, 0.1) is 0 Å². The van der Waals surface area contributed by atoms with Crippen LogP contribution in [0.1, 0.15) is 0 Å². The molecule has 0 bridgehead atoms. The third kappa shape index (κ3) is 9.48. The molecule has 0 radical (unpaired) electrons. The van der Waals surface area contributed by atoms with Crippen LogP contribution in [0.5, 0.6) is 5.75 Å². The van der Waals surface area contributed by atoms with E-state index in [1.54, 1.807) is 97.1 Å². The summed E-state index contributed by atoms with van der Waals surface area (Å²) in [4.78, 5) is -1.53. The van der Waals surface area contributed by atoms with E-state index < -0.39 is 41.5 Å². The molecule has 7 rings (SSSR count). The molecule has 0 aliphatic heterocycles. The average molecular weight is 872 g/mol. The second kappa shape index (κ2) is 16.8. The van der Waals surface area contributed by atoms with Gasteiger partial charge in [0.05, 0.1) is 44.7 Å². The fraction of sp³-hybridized carbons (Fsp3) is 0. The van der Waals surface area contributed by atoms with Crippen molar-refractivity contribution in [3.8, 4) is 16.9 Å². The van der Waals surface area contributed by atoms with Crippen molar-refractivity contribution < 1.29 is 31.0 Å². The summed E-state index contributed by atoms with van der Waals surface area (Å²) in [5, 5.41) is 44.1. The normalized spacial score (nSPS) is 12.4. The Kier molecular flexibility index (Phi) is 11.4. The summed E-state index contributed by atoms with van der Waals surface area (Å²) in [6.07, 6.45) is 0. The largest absolute Gasteiger partial charge is 0.505 e. The number of benzene rings is 7. The van der Waals surface area contributed by atoms with Crippen LogP contribution in [-0.2, 0) is 20.2 Å². The Bertz CT molecular complexity index is 3250. The van der Waals surface area contributed by atoms with Gasteiger partial charge < -0.3 is 33.8 Å². The first-order chi connectivity index (χ1) is 29.4. The number of fused-ring (bicyclic) bond motifs is 1. The van der Waals surface area contributed by atoms with Crippen molar-refractivity contribution in [3.05, 3.63) is 121 Å². The van der Waals surface area contributed by atoms with Gasteiger partial charge in [-0.2, -0.15) is 37.3 Å². The molecule has 0 atom stereocenters. The zero-order valence-corrected chi connectivity index (χ0v) is 33.4. The van der Waals surface area contributed by atoms with Gasteiger partial charge in [0, 0.05) is 16.8 Å². The maximum Gasteiger partial charge on any atom is 0.296 e. The number of nitrogens with two attached hydrogens (primary N) is 5. The fourth-order valence-corrected chi connectivity index (χ4v) is 7.09. The summed E-state index contributed by atoms with van der Waals surface area (Å²) in [7, 11) is -9.76. The number of aromatic hydroxyl groups is 1. The highest BCUT2D eigenvalue weighted by molar-refractivity contribution is 7.86. The first kappa shape index (κ1) is 42.0. The van der Waals surface area contributed by atoms with Crippen molar-refractivity contribution in [3.63, 3.8) is 0 Å². The van der Waals surface area contributed by atoms with Crippen LogP contribution in [0.25, 0.3) is 21.9 Å². The van der Waals surface area contributed by atoms with Gasteiger partial charge in [-0.3, -0.25) is 9.11 Å². The number of azo groups is 4. The van der Waals surface area contributed by atoms with E-state index in [1.807, 2.05) is 0 Å². The van der Waals surface area contributed by atoms with Crippen LogP contribution in [0.2, 0.25) is 0 Å². The maximum atomic E-state index is 12.2. The first-order valence-electron chi connectivity index (χ1n) is 17.8. The van der Waals surface area contributed by atoms with Crippen molar-refractivity contribution in [2.24, 2.45) is 40.9 Å². The molecule has 0 aromatic heterocycles.